The zero-order chi connectivity index (χ0) is 101. The predicted molar refractivity (Wildman–Crippen MR) is 606 cm³/mol. The van der Waals surface area contributed by atoms with E-state index in [1.165, 1.54) is 396 Å². The Hall–Kier alpha value is -6.16. The number of rotatable bonds is 69. The fraction of sp³-hybridized carbons (Fsp3) is 0.675. The summed E-state index contributed by atoms with van der Waals surface area (Å²) in [6, 6.07) is 43.5. The second-order valence-electron chi connectivity index (χ2n) is 45.9. The molecule has 0 saturated carbocycles. The third kappa shape index (κ3) is 40.0. The van der Waals surface area contributed by atoms with Crippen LogP contribution >= 0.6 is 0 Å². The highest BCUT2D eigenvalue weighted by Gasteiger charge is 2.46. The molecule has 0 spiro atoms. The Morgan fingerprint density at radius 1 is 0.180 bits per heavy atom. The van der Waals surface area contributed by atoms with Gasteiger partial charge in [0.05, 0.1) is 17.6 Å². The molecular weight excluding hydrogens is 1700 g/mol. The van der Waals surface area contributed by atoms with Gasteiger partial charge >= 0.3 is 0 Å². The highest BCUT2D eigenvalue weighted by molar-refractivity contribution is 5.85. The van der Waals surface area contributed by atoms with Crippen LogP contribution in [0.1, 0.15) is 272 Å². The summed E-state index contributed by atoms with van der Waals surface area (Å²) in [6.45, 7) is 39.7. The maximum atomic E-state index is 4.83. The molecule has 0 bridgehead atoms. The lowest BCUT2D eigenvalue weighted by molar-refractivity contribution is 0.234. The molecule has 0 saturated heterocycles. The first-order valence-corrected chi connectivity index (χ1v) is 55.5. The fourth-order valence-corrected chi connectivity index (χ4v) is 22.8. The average molecular weight is 1910 g/mol. The van der Waals surface area contributed by atoms with Crippen LogP contribution in [0.3, 0.4) is 0 Å². The van der Waals surface area contributed by atoms with E-state index in [2.05, 4.69) is 358 Å². The maximum absolute atomic E-state index is 4.83. The van der Waals surface area contributed by atoms with Gasteiger partial charge in [0.1, 0.15) is 0 Å². The topological polar surface area (TPSA) is 71.1 Å². The van der Waals surface area contributed by atoms with Crippen molar-refractivity contribution in [3.8, 4) is 44.6 Å². The Balaban J connectivity index is 0.000000266. The number of hydrogen-bond donors (Lipinski definition) is 0. The Bertz CT molecular complexity index is 4270. The summed E-state index contributed by atoms with van der Waals surface area (Å²) in [4.78, 5) is 43.7. The lowest BCUT2D eigenvalue weighted by Gasteiger charge is -2.33. The van der Waals surface area contributed by atoms with Crippen LogP contribution in [0.4, 0.5) is 0 Å². The highest BCUT2D eigenvalue weighted by atomic mass is 15.2. The molecule has 7 aromatic rings. The van der Waals surface area contributed by atoms with Crippen LogP contribution in [0.15, 0.2) is 122 Å². The minimum Gasteiger partial charge on any atom is -0.309 e. The van der Waals surface area contributed by atoms with Crippen LogP contribution in [0.2, 0.25) is 0 Å². The molecule has 1 heterocycles. The van der Waals surface area contributed by atoms with Crippen molar-refractivity contribution in [2.24, 2.45) is 0 Å². The Labute approximate surface area is 854 Å². The summed E-state index contributed by atoms with van der Waals surface area (Å²) in [6.07, 6.45) is 44.6. The molecule has 778 valence electrons. The summed E-state index contributed by atoms with van der Waals surface area (Å²) in [5, 5.41) is 0. The quantitative estimate of drug-likeness (QED) is 0.0340. The van der Waals surface area contributed by atoms with E-state index in [0.717, 1.165) is 37.6 Å². The molecule has 16 nitrogen and oxygen atoms in total. The Kier molecular flexibility index (Phi) is 53.2. The normalized spacial score (nSPS) is 13.9. The van der Waals surface area contributed by atoms with E-state index in [0.29, 0.717) is 0 Å². The molecule has 0 unspecified atom stereocenters. The van der Waals surface area contributed by atoms with Crippen molar-refractivity contribution < 1.29 is 0 Å². The molecule has 6 aromatic carbocycles. The van der Waals surface area contributed by atoms with Crippen molar-refractivity contribution in [2.75, 3.05) is 285 Å². The lowest BCUT2D eigenvalue weighted by Crippen LogP contribution is -2.31. The summed E-state index contributed by atoms with van der Waals surface area (Å²) < 4.78 is 0. The Morgan fingerprint density at radius 2 is 0.360 bits per heavy atom. The van der Waals surface area contributed by atoms with Crippen molar-refractivity contribution in [2.45, 2.75) is 263 Å². The number of nitrogens with zero attached hydrogens (tertiary/aromatic N) is 16. The van der Waals surface area contributed by atoms with Crippen molar-refractivity contribution in [3.05, 3.63) is 188 Å². The monoisotopic (exact) mass is 1910 g/mol. The molecule has 0 fully saturated rings. The molecule has 0 aliphatic heterocycles. The molecular formula is C123H206N16. The van der Waals surface area contributed by atoms with Crippen molar-refractivity contribution in [3.63, 3.8) is 0 Å². The van der Waals surface area contributed by atoms with Gasteiger partial charge in [-0.2, -0.15) is 0 Å². The van der Waals surface area contributed by atoms with E-state index in [-0.39, 0.29) is 16.2 Å². The zero-order valence-electron chi connectivity index (χ0n) is 94.4. The van der Waals surface area contributed by atoms with Crippen LogP contribution in [0, 0.1) is 41.5 Å². The van der Waals surface area contributed by atoms with Gasteiger partial charge in [0.15, 0.2) is 0 Å². The molecule has 3 aliphatic rings. The van der Waals surface area contributed by atoms with Gasteiger partial charge in [-0.25, -0.2) is 0 Å². The molecule has 0 atom stereocenters. The van der Waals surface area contributed by atoms with Crippen molar-refractivity contribution >= 4 is 0 Å². The van der Waals surface area contributed by atoms with Gasteiger partial charge in [0.2, 0.25) is 0 Å². The van der Waals surface area contributed by atoms with Gasteiger partial charge in [0.25, 0.3) is 0 Å². The van der Waals surface area contributed by atoms with Gasteiger partial charge in [-0.15, -0.1) is 0 Å². The number of fused-ring (bicyclic) bond motifs is 9. The predicted octanol–water partition coefficient (Wildman–Crippen LogP) is 23.5. The third-order valence-corrected chi connectivity index (χ3v) is 30.3. The first-order chi connectivity index (χ1) is 66.6. The van der Waals surface area contributed by atoms with Gasteiger partial charge < -0.3 is 68.6 Å². The molecule has 0 amide bonds. The average Bonchev–Trinajstić information content (AvgIpc) is 1.57. The lowest BCUT2D eigenvalue weighted by atomic mass is 9.70. The smallest absolute Gasteiger partial charge is 0.0885 e. The number of unbranched alkanes of at least 4 members (excludes halogenated alkanes) is 12. The number of aryl methyl sites for hydroxylation is 6. The number of benzene rings is 6. The molecule has 139 heavy (non-hydrogen) atoms. The molecule has 10 rings (SSSR count). The first-order valence-electron chi connectivity index (χ1n) is 55.5. The van der Waals surface area contributed by atoms with Crippen LogP contribution in [0.5, 0.6) is 0 Å². The standard InChI is InChI=1S/C49H82N8.C45H80N6.C29H44N2/c1-41-21-23-44-45-24-22-43(48-40-50-42(2)39-51-48)38-47(45)49(46(44)37-41,25-13-11-15-31-56(33-17-27-52(3)4)34-18-28-53(5)6)26-14-12-16-32-57(35-19-29-54(7)8)36-20-30-55(9)10;1-39-21-23-41-42-24-22-40(2)38-44(42)45(43(41)37-39,25-13-11-15-31-50(33-17-27-46(3)4)34-18-28-47(5)6)26-14-12-16-32-51(35-19-29-48(7)8)36-20-30-49(9)10;1-23-13-15-25-26-16-14-24(2)22-28(26)29(27(25)21-23,17-9-7-11-19-30(3)4)18-10-8-12-20-31(5)6/h21-24,37-40H,11-20,25-36H2,1-10H3;21-24,37-38H,11-20,25-36H2,1-10H3;13-16,21-22H,7-12,17-20H2,1-6H3. The highest BCUT2D eigenvalue weighted by Crippen LogP contribution is 2.58. The van der Waals surface area contributed by atoms with Crippen molar-refractivity contribution in [1.82, 2.24) is 78.6 Å². The van der Waals surface area contributed by atoms with Gasteiger partial charge in [-0.1, -0.05) is 208 Å². The number of aromatic nitrogens is 2. The third-order valence-electron chi connectivity index (χ3n) is 30.3. The van der Waals surface area contributed by atoms with E-state index in [1.54, 1.807) is 27.8 Å². The van der Waals surface area contributed by atoms with Crippen LogP contribution in [-0.2, 0) is 16.2 Å². The second-order valence-corrected chi connectivity index (χ2v) is 45.9. The summed E-state index contributed by atoms with van der Waals surface area (Å²) in [5.74, 6) is 0. The van der Waals surface area contributed by atoms with Gasteiger partial charge in [-0.05, 0) is 528 Å². The second kappa shape index (κ2) is 62.6. The van der Waals surface area contributed by atoms with E-state index in [1.807, 2.05) is 19.3 Å². The largest absolute Gasteiger partial charge is 0.309 e. The SMILES string of the molecule is Cc1ccc2c(c1)C(CCCCCN(C)C)(CCCCCN(C)C)c1cc(C)ccc1-2.Cc1ccc2c(c1)C(CCCCCN(CCCN(C)C)CCCN(C)C)(CCCCCN(CCCN(C)C)CCCN(C)C)c1cc(-c3cnc(C)cn3)ccc1-2.Cc1ccc2c(c1)C(CCCCCN(CCCN(C)C)CCCN(C)C)(CCCCCN(CCCN(C)C)CCCN(C)C)c1cc(C)ccc1-2. The van der Waals surface area contributed by atoms with E-state index >= 15 is 0 Å². The summed E-state index contributed by atoms with van der Waals surface area (Å²) >= 11 is 0. The molecule has 3 aliphatic carbocycles. The van der Waals surface area contributed by atoms with Crippen LogP contribution in [0.25, 0.3) is 44.6 Å². The summed E-state index contributed by atoms with van der Waals surface area (Å²) in [5.41, 5.74) is 28.8. The zero-order valence-corrected chi connectivity index (χ0v) is 94.4. The molecule has 1 aromatic heterocycles. The number of hydrogen-bond acceptors (Lipinski definition) is 16. The minimum absolute atomic E-state index is 0.0129. The molecule has 0 N–H and O–H groups in total. The van der Waals surface area contributed by atoms with E-state index in [9.17, 15) is 0 Å². The maximum Gasteiger partial charge on any atom is 0.0885 e. The van der Waals surface area contributed by atoms with E-state index < -0.39 is 0 Å². The van der Waals surface area contributed by atoms with Crippen molar-refractivity contribution in [1.29, 1.82) is 0 Å². The van der Waals surface area contributed by atoms with Crippen LogP contribution in [-0.4, -0.2) is 364 Å². The van der Waals surface area contributed by atoms with Crippen LogP contribution < -0.4 is 0 Å². The first kappa shape index (κ1) is 118. The minimum atomic E-state index is 0.0129. The fourth-order valence-electron chi connectivity index (χ4n) is 22.8. The molecule has 0 radical (unpaired) electrons. The van der Waals surface area contributed by atoms with E-state index in [4.69, 9.17) is 4.98 Å². The Morgan fingerprint density at radius 3 is 0.554 bits per heavy atom. The summed E-state index contributed by atoms with van der Waals surface area (Å²) in [7, 11) is 43.9. The molecule has 16 heteroatoms. The van der Waals surface area contributed by atoms with Gasteiger partial charge in [0, 0.05) is 28.0 Å². The van der Waals surface area contributed by atoms with Gasteiger partial charge in [-0.3, -0.25) is 9.97 Å².